The second-order valence-corrected chi connectivity index (χ2v) is 6.83. The highest BCUT2D eigenvalue weighted by Crippen LogP contribution is 2.27. The van der Waals surface area contributed by atoms with Crippen LogP contribution in [0.2, 0.25) is 0 Å². The first-order valence-corrected chi connectivity index (χ1v) is 8.33. The van der Waals surface area contributed by atoms with Crippen LogP contribution in [-0.2, 0) is 6.42 Å². The number of fused-ring (bicyclic) bond motifs is 1. The van der Waals surface area contributed by atoms with E-state index in [4.69, 9.17) is 0 Å². The topological polar surface area (TPSA) is 20.2 Å². The SMILES string of the molecule is OC(Cc1ccccc1Br)c1ccc2cc(Br)ccc2c1. The molecule has 3 rings (SSSR count). The van der Waals surface area contributed by atoms with Crippen LogP contribution in [0, 0.1) is 0 Å². The molecule has 0 saturated heterocycles. The summed E-state index contributed by atoms with van der Waals surface area (Å²) in [6.45, 7) is 0. The van der Waals surface area contributed by atoms with Crippen molar-refractivity contribution in [1.29, 1.82) is 0 Å². The first kappa shape index (κ1) is 14.8. The molecule has 0 fully saturated rings. The molecule has 3 aromatic carbocycles. The van der Waals surface area contributed by atoms with Crippen molar-refractivity contribution in [3.8, 4) is 0 Å². The second kappa shape index (κ2) is 6.30. The molecule has 1 atom stereocenters. The zero-order valence-electron chi connectivity index (χ0n) is 11.3. The highest BCUT2D eigenvalue weighted by atomic mass is 79.9. The summed E-state index contributed by atoms with van der Waals surface area (Å²) in [7, 11) is 0. The number of aliphatic hydroxyl groups is 1. The second-order valence-electron chi connectivity index (χ2n) is 5.06. The standard InChI is InChI=1S/C18H14Br2O/c19-16-8-7-12-9-15(6-5-13(12)10-16)18(21)11-14-3-1-2-4-17(14)20/h1-10,18,21H,11H2. The summed E-state index contributed by atoms with van der Waals surface area (Å²) in [5.41, 5.74) is 2.06. The van der Waals surface area contributed by atoms with Gasteiger partial charge in [-0.15, -0.1) is 0 Å². The van der Waals surface area contributed by atoms with E-state index >= 15 is 0 Å². The van der Waals surface area contributed by atoms with E-state index in [1.807, 2.05) is 36.4 Å². The fourth-order valence-electron chi connectivity index (χ4n) is 2.43. The number of rotatable bonds is 3. The Hall–Kier alpha value is -1.16. The van der Waals surface area contributed by atoms with Gasteiger partial charge in [0.1, 0.15) is 0 Å². The van der Waals surface area contributed by atoms with Gasteiger partial charge < -0.3 is 5.11 Å². The monoisotopic (exact) mass is 404 g/mol. The Kier molecular flexibility index (Phi) is 4.43. The maximum absolute atomic E-state index is 10.5. The summed E-state index contributed by atoms with van der Waals surface area (Å²) in [6, 6.07) is 20.3. The lowest BCUT2D eigenvalue weighted by Gasteiger charge is -2.13. The molecule has 0 saturated carbocycles. The van der Waals surface area contributed by atoms with Crippen molar-refractivity contribution in [2.45, 2.75) is 12.5 Å². The third-order valence-corrected chi connectivity index (χ3v) is 4.85. The Morgan fingerprint density at radius 1 is 0.857 bits per heavy atom. The number of benzene rings is 3. The van der Waals surface area contributed by atoms with Crippen molar-refractivity contribution in [3.05, 3.63) is 80.7 Å². The maximum Gasteiger partial charge on any atom is 0.0831 e. The fourth-order valence-corrected chi connectivity index (χ4v) is 3.26. The highest BCUT2D eigenvalue weighted by Gasteiger charge is 2.11. The van der Waals surface area contributed by atoms with Crippen molar-refractivity contribution in [1.82, 2.24) is 0 Å². The van der Waals surface area contributed by atoms with Crippen LogP contribution in [-0.4, -0.2) is 5.11 Å². The molecular weight excluding hydrogens is 392 g/mol. The highest BCUT2D eigenvalue weighted by molar-refractivity contribution is 9.10. The van der Waals surface area contributed by atoms with Gasteiger partial charge in [-0.3, -0.25) is 0 Å². The molecule has 0 radical (unpaired) electrons. The Morgan fingerprint density at radius 3 is 2.38 bits per heavy atom. The lowest BCUT2D eigenvalue weighted by Crippen LogP contribution is -2.02. The van der Waals surface area contributed by atoms with Crippen molar-refractivity contribution in [2.24, 2.45) is 0 Å². The molecule has 0 heterocycles. The van der Waals surface area contributed by atoms with E-state index in [9.17, 15) is 5.11 Å². The van der Waals surface area contributed by atoms with Gasteiger partial charge in [0.05, 0.1) is 6.10 Å². The molecule has 106 valence electrons. The predicted molar refractivity (Wildman–Crippen MR) is 94.5 cm³/mol. The molecule has 3 heteroatoms. The molecule has 0 aliphatic carbocycles. The maximum atomic E-state index is 10.5. The van der Waals surface area contributed by atoms with Crippen LogP contribution in [0.1, 0.15) is 17.2 Å². The van der Waals surface area contributed by atoms with Gasteiger partial charge in [-0.1, -0.05) is 68.3 Å². The fraction of sp³-hybridized carbons (Fsp3) is 0.111. The van der Waals surface area contributed by atoms with Crippen molar-refractivity contribution in [2.75, 3.05) is 0 Å². The molecule has 1 N–H and O–H groups in total. The molecule has 1 unspecified atom stereocenters. The van der Waals surface area contributed by atoms with Crippen molar-refractivity contribution >= 4 is 42.6 Å². The van der Waals surface area contributed by atoms with E-state index in [0.717, 1.165) is 25.5 Å². The largest absolute Gasteiger partial charge is 0.388 e. The number of aliphatic hydroxyl groups excluding tert-OH is 1. The van der Waals surface area contributed by atoms with Crippen LogP contribution in [0.25, 0.3) is 10.8 Å². The summed E-state index contributed by atoms with van der Waals surface area (Å²) in [6.07, 6.45) is 0.0976. The number of hydrogen-bond acceptors (Lipinski definition) is 1. The van der Waals surface area contributed by atoms with Gasteiger partial charge in [0, 0.05) is 15.4 Å². The van der Waals surface area contributed by atoms with Crippen LogP contribution in [0.15, 0.2) is 69.6 Å². The zero-order chi connectivity index (χ0) is 14.8. The minimum atomic E-state index is -0.503. The van der Waals surface area contributed by atoms with Gasteiger partial charge in [-0.2, -0.15) is 0 Å². The van der Waals surface area contributed by atoms with Crippen LogP contribution in [0.4, 0.5) is 0 Å². The Morgan fingerprint density at radius 2 is 1.57 bits per heavy atom. The first-order chi connectivity index (χ1) is 10.1. The van der Waals surface area contributed by atoms with E-state index in [-0.39, 0.29) is 0 Å². The van der Waals surface area contributed by atoms with Crippen molar-refractivity contribution < 1.29 is 5.11 Å². The van der Waals surface area contributed by atoms with Gasteiger partial charge in [0.2, 0.25) is 0 Å². The normalized spacial score (nSPS) is 12.5. The van der Waals surface area contributed by atoms with Gasteiger partial charge in [0.15, 0.2) is 0 Å². The zero-order valence-corrected chi connectivity index (χ0v) is 14.4. The van der Waals surface area contributed by atoms with Crippen LogP contribution in [0.5, 0.6) is 0 Å². The van der Waals surface area contributed by atoms with E-state index in [0.29, 0.717) is 6.42 Å². The minimum absolute atomic E-state index is 0.503. The number of hydrogen-bond donors (Lipinski definition) is 1. The first-order valence-electron chi connectivity index (χ1n) is 6.74. The van der Waals surface area contributed by atoms with E-state index < -0.39 is 6.10 Å². The molecule has 0 amide bonds. The van der Waals surface area contributed by atoms with E-state index in [1.54, 1.807) is 0 Å². The summed E-state index contributed by atoms with van der Waals surface area (Å²) in [4.78, 5) is 0. The number of halogens is 2. The van der Waals surface area contributed by atoms with Crippen LogP contribution >= 0.6 is 31.9 Å². The molecule has 0 aliphatic heterocycles. The van der Waals surface area contributed by atoms with E-state index in [1.165, 1.54) is 5.39 Å². The lowest BCUT2D eigenvalue weighted by atomic mass is 9.99. The van der Waals surface area contributed by atoms with Gasteiger partial charge in [-0.25, -0.2) is 0 Å². The summed E-state index contributed by atoms with van der Waals surface area (Å²) < 4.78 is 2.10. The molecule has 1 nitrogen and oxygen atoms in total. The van der Waals surface area contributed by atoms with Crippen LogP contribution < -0.4 is 0 Å². The average Bonchev–Trinajstić information content (AvgIpc) is 2.49. The third kappa shape index (κ3) is 3.37. The lowest BCUT2D eigenvalue weighted by molar-refractivity contribution is 0.178. The predicted octanol–water partition coefficient (Wildman–Crippen LogP) is 5.64. The van der Waals surface area contributed by atoms with Gasteiger partial charge in [0.25, 0.3) is 0 Å². The summed E-state index contributed by atoms with van der Waals surface area (Å²) >= 11 is 7.01. The molecule has 3 aromatic rings. The van der Waals surface area contributed by atoms with Crippen molar-refractivity contribution in [3.63, 3.8) is 0 Å². The third-order valence-electron chi connectivity index (χ3n) is 3.58. The van der Waals surface area contributed by atoms with Gasteiger partial charge >= 0.3 is 0 Å². The quantitative estimate of drug-likeness (QED) is 0.597. The Bertz CT molecular complexity index is 783. The average molecular weight is 406 g/mol. The molecule has 0 spiro atoms. The smallest absolute Gasteiger partial charge is 0.0831 e. The minimum Gasteiger partial charge on any atom is -0.388 e. The summed E-state index contributed by atoms with van der Waals surface area (Å²) in [5.74, 6) is 0. The molecular formula is C18H14Br2O. The molecule has 0 aromatic heterocycles. The molecule has 21 heavy (non-hydrogen) atoms. The molecule has 0 aliphatic rings. The van der Waals surface area contributed by atoms with Gasteiger partial charge in [-0.05, 0) is 46.2 Å². The Balaban J connectivity index is 1.89. The summed E-state index contributed by atoms with van der Waals surface area (Å²) in [5, 5.41) is 12.8. The molecule has 0 bridgehead atoms. The van der Waals surface area contributed by atoms with Crippen LogP contribution in [0.3, 0.4) is 0 Å². The Labute approximate surface area is 140 Å². The van der Waals surface area contributed by atoms with E-state index in [2.05, 4.69) is 56.1 Å².